The minimum Gasteiger partial charge on any atom is -0.338 e. The second-order valence-corrected chi connectivity index (χ2v) is 6.62. The van der Waals surface area contributed by atoms with Crippen LogP contribution in [0.25, 0.3) is 16.9 Å². The van der Waals surface area contributed by atoms with Gasteiger partial charge in [-0.25, -0.2) is 4.98 Å². The molecular formula is C17H15N7O2S. The van der Waals surface area contributed by atoms with Crippen LogP contribution in [0.4, 0.5) is 5.82 Å². The van der Waals surface area contributed by atoms with Crippen LogP contribution in [-0.2, 0) is 10.5 Å². The van der Waals surface area contributed by atoms with E-state index >= 15 is 0 Å². The van der Waals surface area contributed by atoms with Crippen LogP contribution >= 0.6 is 11.8 Å². The van der Waals surface area contributed by atoms with E-state index in [0.29, 0.717) is 29.1 Å². The zero-order chi connectivity index (χ0) is 18.6. The average Bonchev–Trinajstić information content (AvgIpc) is 3.32. The Bertz CT molecular complexity index is 1080. The molecular weight excluding hydrogens is 366 g/mol. The lowest BCUT2D eigenvalue weighted by atomic mass is 10.1. The Labute approximate surface area is 158 Å². The van der Waals surface area contributed by atoms with Gasteiger partial charge in [0, 0.05) is 11.8 Å². The number of rotatable bonds is 6. The maximum absolute atomic E-state index is 12.5. The van der Waals surface area contributed by atoms with Crippen molar-refractivity contribution in [1.29, 1.82) is 0 Å². The Morgan fingerprint density at radius 1 is 1.26 bits per heavy atom. The zero-order valence-electron chi connectivity index (χ0n) is 14.4. The maximum Gasteiger partial charge on any atom is 0.254 e. The van der Waals surface area contributed by atoms with Gasteiger partial charge in [-0.15, -0.1) is 11.8 Å². The number of benzene rings is 1. The van der Waals surface area contributed by atoms with Gasteiger partial charge in [-0.2, -0.15) is 19.6 Å². The van der Waals surface area contributed by atoms with Crippen molar-refractivity contribution in [2.45, 2.75) is 12.7 Å². The van der Waals surface area contributed by atoms with E-state index in [1.54, 1.807) is 13.1 Å². The van der Waals surface area contributed by atoms with E-state index in [-0.39, 0.29) is 11.7 Å². The number of hydrogen-bond donors (Lipinski definition) is 1. The van der Waals surface area contributed by atoms with Gasteiger partial charge in [0.1, 0.15) is 12.1 Å². The predicted molar refractivity (Wildman–Crippen MR) is 100 cm³/mol. The molecule has 0 fully saturated rings. The number of thioether (sulfide) groups is 1. The van der Waals surface area contributed by atoms with Crippen molar-refractivity contribution in [2.75, 3.05) is 11.1 Å². The number of fused-ring (bicyclic) bond motifs is 1. The summed E-state index contributed by atoms with van der Waals surface area (Å²) in [6.45, 7) is 1.75. The van der Waals surface area contributed by atoms with Gasteiger partial charge >= 0.3 is 0 Å². The molecule has 0 saturated heterocycles. The van der Waals surface area contributed by atoms with Crippen molar-refractivity contribution in [1.82, 2.24) is 29.7 Å². The molecule has 0 aliphatic carbocycles. The van der Waals surface area contributed by atoms with Gasteiger partial charge in [0.15, 0.2) is 5.82 Å². The predicted octanol–water partition coefficient (Wildman–Crippen LogP) is 2.35. The Morgan fingerprint density at radius 2 is 2.11 bits per heavy atom. The number of carbonyl (C=O) groups is 1. The van der Waals surface area contributed by atoms with Crippen LogP contribution < -0.4 is 5.32 Å². The largest absolute Gasteiger partial charge is 0.338 e. The topological polar surface area (TPSA) is 111 Å². The average molecular weight is 381 g/mol. The van der Waals surface area contributed by atoms with Gasteiger partial charge in [-0.05, 0) is 12.5 Å². The van der Waals surface area contributed by atoms with Crippen LogP contribution in [-0.4, -0.2) is 41.4 Å². The molecule has 0 saturated carbocycles. The fourth-order valence-electron chi connectivity index (χ4n) is 2.53. The molecule has 0 bridgehead atoms. The van der Waals surface area contributed by atoms with Crippen molar-refractivity contribution in [3.63, 3.8) is 0 Å². The molecule has 4 aromatic rings. The summed E-state index contributed by atoms with van der Waals surface area (Å²) in [5.41, 5.74) is 1.69. The Morgan fingerprint density at radius 3 is 2.89 bits per heavy atom. The van der Waals surface area contributed by atoms with Gasteiger partial charge in [0.2, 0.25) is 11.8 Å². The number of carbonyl (C=O) groups excluding carboxylic acids is 1. The lowest BCUT2D eigenvalue weighted by Crippen LogP contribution is -2.18. The van der Waals surface area contributed by atoms with E-state index < -0.39 is 0 Å². The highest BCUT2D eigenvalue weighted by atomic mass is 32.2. The summed E-state index contributed by atoms with van der Waals surface area (Å²) >= 11 is 1.39. The minimum atomic E-state index is -0.170. The number of hydrogen-bond acceptors (Lipinski definition) is 8. The third-order valence-corrected chi connectivity index (χ3v) is 4.59. The highest BCUT2D eigenvalue weighted by Crippen LogP contribution is 2.27. The highest BCUT2D eigenvalue weighted by Gasteiger charge is 2.15. The molecule has 136 valence electrons. The minimum absolute atomic E-state index is 0.170. The quantitative estimate of drug-likeness (QED) is 0.542. The number of aryl methyl sites for hydroxylation is 1. The van der Waals surface area contributed by atoms with E-state index in [9.17, 15) is 4.79 Å². The number of aromatic nitrogens is 6. The van der Waals surface area contributed by atoms with Crippen LogP contribution in [0, 0.1) is 6.92 Å². The molecule has 0 aliphatic rings. The van der Waals surface area contributed by atoms with Crippen LogP contribution in [0.15, 0.2) is 47.4 Å². The summed E-state index contributed by atoms with van der Waals surface area (Å²) in [6.07, 6.45) is 3.09. The molecule has 0 radical (unpaired) electrons. The Balaban J connectivity index is 1.53. The molecule has 0 aliphatic heterocycles. The van der Waals surface area contributed by atoms with Crippen LogP contribution in [0.2, 0.25) is 0 Å². The highest BCUT2D eigenvalue weighted by molar-refractivity contribution is 7.99. The van der Waals surface area contributed by atoms with Crippen molar-refractivity contribution < 1.29 is 9.32 Å². The molecule has 3 heterocycles. The summed E-state index contributed by atoms with van der Waals surface area (Å²) in [7, 11) is 0. The van der Waals surface area contributed by atoms with Gasteiger partial charge in [-0.3, -0.25) is 4.79 Å². The van der Waals surface area contributed by atoms with E-state index in [1.165, 1.54) is 22.6 Å². The van der Waals surface area contributed by atoms with E-state index in [2.05, 4.69) is 30.5 Å². The first kappa shape index (κ1) is 17.2. The second kappa shape index (κ2) is 7.54. The molecule has 10 heteroatoms. The summed E-state index contributed by atoms with van der Waals surface area (Å²) in [5.74, 6) is 2.55. The number of nitrogens with one attached hydrogen (secondary N) is 1. The summed E-state index contributed by atoms with van der Waals surface area (Å²) in [6, 6.07) is 9.67. The monoisotopic (exact) mass is 381 g/mol. The Hall–Kier alpha value is -3.27. The lowest BCUT2D eigenvalue weighted by molar-refractivity contribution is -0.113. The third-order valence-electron chi connectivity index (χ3n) is 3.68. The fourth-order valence-corrected chi connectivity index (χ4v) is 3.18. The molecule has 4 rings (SSSR count). The maximum atomic E-state index is 12.5. The van der Waals surface area contributed by atoms with Gasteiger partial charge in [-0.1, -0.05) is 35.5 Å². The van der Waals surface area contributed by atoms with Crippen LogP contribution in [0.1, 0.15) is 11.7 Å². The molecule has 0 atom stereocenters. The van der Waals surface area contributed by atoms with Crippen molar-refractivity contribution in [3.05, 3.63) is 54.6 Å². The Kier molecular flexibility index (Phi) is 4.79. The molecule has 0 unspecified atom stereocenters. The zero-order valence-corrected chi connectivity index (χ0v) is 15.2. The van der Waals surface area contributed by atoms with Gasteiger partial charge in [0.25, 0.3) is 5.78 Å². The molecule has 27 heavy (non-hydrogen) atoms. The number of nitrogens with zero attached hydrogens (tertiary/aromatic N) is 6. The van der Waals surface area contributed by atoms with E-state index in [0.717, 1.165) is 11.1 Å². The third kappa shape index (κ3) is 3.80. The molecule has 0 spiro atoms. The molecule has 1 N–H and O–H groups in total. The van der Waals surface area contributed by atoms with Gasteiger partial charge < -0.3 is 9.84 Å². The molecule has 3 aromatic heterocycles. The first-order valence-corrected chi connectivity index (χ1v) is 9.27. The number of amides is 1. The molecule has 9 nitrogen and oxygen atoms in total. The summed E-state index contributed by atoms with van der Waals surface area (Å²) < 4.78 is 6.56. The first-order chi connectivity index (χ1) is 13.2. The molecule has 1 aromatic carbocycles. The van der Waals surface area contributed by atoms with Crippen LogP contribution in [0.3, 0.4) is 0 Å². The lowest BCUT2D eigenvalue weighted by Gasteiger charge is -2.12. The fraction of sp³-hybridized carbons (Fsp3) is 0.176. The summed E-state index contributed by atoms with van der Waals surface area (Å²) in [5, 5.41) is 10.8. The number of anilines is 1. The van der Waals surface area contributed by atoms with Crippen LogP contribution in [0.5, 0.6) is 0 Å². The standard InChI is InChI=1S/C17H15N7O2S/c1-11-21-15(26-23-11)9-27-8-14(25)22-16-13(12-5-3-2-4-6-12)7-18-17-19-10-20-24(16)17/h2-7,10H,8-9H2,1H3,(H,22,25). The van der Waals surface area contributed by atoms with Crippen molar-refractivity contribution in [2.24, 2.45) is 0 Å². The molecule has 1 amide bonds. The van der Waals surface area contributed by atoms with E-state index in [1.807, 2.05) is 30.3 Å². The van der Waals surface area contributed by atoms with Gasteiger partial charge in [0.05, 0.1) is 11.5 Å². The second-order valence-electron chi connectivity index (χ2n) is 5.63. The summed E-state index contributed by atoms with van der Waals surface area (Å²) in [4.78, 5) is 25.0. The smallest absolute Gasteiger partial charge is 0.254 e. The normalized spacial score (nSPS) is 11.0. The first-order valence-electron chi connectivity index (χ1n) is 8.11. The van der Waals surface area contributed by atoms with E-state index in [4.69, 9.17) is 4.52 Å². The van der Waals surface area contributed by atoms with Crippen molar-refractivity contribution >= 4 is 29.3 Å². The van der Waals surface area contributed by atoms with Crippen molar-refractivity contribution in [3.8, 4) is 11.1 Å². The SMILES string of the molecule is Cc1noc(CSCC(=O)Nc2c(-c3ccccc3)cnc3ncnn23)n1.